The number of imidazole rings is 1. The maximum Gasteiger partial charge on any atom is 0.327 e. The number of hydrogen-bond acceptors (Lipinski definition) is 4. The van der Waals surface area contributed by atoms with Crippen LogP contribution in [0.15, 0.2) is 46.2 Å². The zero-order valence-electron chi connectivity index (χ0n) is 19.1. The Labute approximate surface area is 203 Å². The SMILES string of the molecule is O=C(c1ccc(S(F)(F)(F)(F)F)cc1)N1CCC(n2c(=O)[nH]c3ncc(C4CCOCC4)cc32)CC1. The third-order valence-electron chi connectivity index (χ3n) is 6.95. The number of aromatic nitrogens is 3. The number of nitrogens with one attached hydrogen (secondary N) is 1. The molecule has 1 N–H and O–H groups in total. The molecular formula is C23H25F5N4O3S. The molecular weight excluding hydrogens is 507 g/mol. The first-order valence-electron chi connectivity index (χ1n) is 11.6. The van der Waals surface area contributed by atoms with Gasteiger partial charge in [0.15, 0.2) is 5.65 Å². The summed E-state index contributed by atoms with van der Waals surface area (Å²) in [4.78, 5) is 32.2. The molecule has 2 fully saturated rings. The van der Waals surface area contributed by atoms with Gasteiger partial charge >= 0.3 is 15.9 Å². The molecule has 0 radical (unpaired) electrons. The third kappa shape index (κ3) is 4.85. The van der Waals surface area contributed by atoms with Crippen molar-refractivity contribution in [2.45, 2.75) is 42.5 Å². The van der Waals surface area contributed by atoms with Crippen LogP contribution in [-0.4, -0.2) is 51.6 Å². The standard InChI is InChI=1S/C23H25F5N4O3S/c24-36(25,26,27,28)19-3-1-16(2-4-19)22(33)31-9-5-18(6-10-31)32-20-13-17(15-7-11-35-12-8-15)14-29-21(20)30-23(32)34/h1-4,13-15,18H,5-12H2,(H,29,30,34). The summed E-state index contributed by atoms with van der Waals surface area (Å²) < 4.78 is 71.8. The molecule has 36 heavy (non-hydrogen) atoms. The van der Waals surface area contributed by atoms with E-state index in [1.54, 1.807) is 10.8 Å². The molecule has 3 aromatic rings. The summed E-state index contributed by atoms with van der Waals surface area (Å²) in [6.07, 6.45) is 4.44. The van der Waals surface area contributed by atoms with E-state index in [0.717, 1.165) is 30.5 Å². The Morgan fingerprint density at radius 3 is 2.25 bits per heavy atom. The van der Waals surface area contributed by atoms with Crippen molar-refractivity contribution < 1.29 is 29.0 Å². The van der Waals surface area contributed by atoms with Crippen LogP contribution in [0.5, 0.6) is 0 Å². The highest BCUT2D eigenvalue weighted by Gasteiger charge is 2.65. The lowest BCUT2D eigenvalue weighted by molar-refractivity contribution is 0.0694. The zero-order chi connectivity index (χ0) is 25.8. The Balaban J connectivity index is 1.31. The Morgan fingerprint density at radius 1 is 1.00 bits per heavy atom. The van der Waals surface area contributed by atoms with E-state index < -0.39 is 21.0 Å². The Kier molecular flexibility index (Phi) is 5.52. The zero-order valence-corrected chi connectivity index (χ0v) is 20.0. The average molecular weight is 533 g/mol. The Hall–Kier alpha value is -2.93. The number of carbonyl (C=O) groups is 1. The lowest BCUT2D eigenvalue weighted by atomic mass is 9.93. The molecule has 4 heterocycles. The number of piperidine rings is 1. The summed E-state index contributed by atoms with van der Waals surface area (Å²) in [5.41, 5.74) is 1.83. The second-order valence-electron chi connectivity index (χ2n) is 9.34. The third-order valence-corrected chi connectivity index (χ3v) is 8.11. The van der Waals surface area contributed by atoms with Crippen LogP contribution in [0.25, 0.3) is 11.2 Å². The first kappa shape index (κ1) is 24.8. The molecule has 1 aromatic carbocycles. The van der Waals surface area contributed by atoms with Crippen molar-refractivity contribution >= 4 is 27.3 Å². The van der Waals surface area contributed by atoms with Gasteiger partial charge < -0.3 is 9.64 Å². The second kappa shape index (κ2) is 8.04. The Bertz CT molecular complexity index is 1360. The molecule has 0 atom stereocenters. The van der Waals surface area contributed by atoms with Gasteiger partial charge in [0.1, 0.15) is 4.90 Å². The highest BCUT2D eigenvalue weighted by molar-refractivity contribution is 8.45. The summed E-state index contributed by atoms with van der Waals surface area (Å²) in [6.45, 7) is 1.88. The molecule has 1 amide bonds. The minimum absolute atomic E-state index is 0.103. The first-order chi connectivity index (χ1) is 16.8. The number of halogens is 5. The predicted octanol–water partition coefficient (Wildman–Crippen LogP) is 5.75. The van der Waals surface area contributed by atoms with Crippen molar-refractivity contribution in [3.63, 3.8) is 0 Å². The molecule has 0 saturated carbocycles. The number of carbonyl (C=O) groups excluding carboxylic acids is 1. The molecule has 196 valence electrons. The summed E-state index contributed by atoms with van der Waals surface area (Å²) in [6, 6.07) is 3.82. The topological polar surface area (TPSA) is 80.2 Å². The van der Waals surface area contributed by atoms with Crippen LogP contribution in [0.3, 0.4) is 0 Å². The largest absolute Gasteiger partial charge is 0.381 e. The summed E-state index contributed by atoms with van der Waals surface area (Å²) in [5.74, 6) is -0.240. The lowest BCUT2D eigenvalue weighted by Gasteiger charge is -2.40. The van der Waals surface area contributed by atoms with Gasteiger partial charge in [-0.15, -0.1) is 0 Å². The van der Waals surface area contributed by atoms with Crippen molar-refractivity contribution in [2.75, 3.05) is 26.3 Å². The predicted molar refractivity (Wildman–Crippen MR) is 125 cm³/mol. The monoisotopic (exact) mass is 532 g/mol. The van der Waals surface area contributed by atoms with Gasteiger partial charge in [0.25, 0.3) is 5.91 Å². The highest BCUT2D eigenvalue weighted by atomic mass is 32.5. The van der Waals surface area contributed by atoms with Crippen molar-refractivity contribution in [2.24, 2.45) is 0 Å². The van der Waals surface area contributed by atoms with Gasteiger partial charge in [0, 0.05) is 44.1 Å². The van der Waals surface area contributed by atoms with Crippen molar-refractivity contribution in [1.82, 2.24) is 19.4 Å². The van der Waals surface area contributed by atoms with Gasteiger partial charge in [-0.3, -0.25) is 14.3 Å². The number of pyridine rings is 1. The van der Waals surface area contributed by atoms with Crippen LogP contribution in [0.2, 0.25) is 0 Å². The number of benzene rings is 1. The van der Waals surface area contributed by atoms with E-state index >= 15 is 0 Å². The minimum atomic E-state index is -9.80. The quantitative estimate of drug-likeness (QED) is 0.434. The molecule has 13 heteroatoms. The minimum Gasteiger partial charge on any atom is -0.381 e. The van der Waals surface area contributed by atoms with E-state index in [1.165, 1.54) is 4.90 Å². The van der Waals surface area contributed by atoms with Gasteiger partial charge in [-0.05, 0) is 67.5 Å². The smallest absolute Gasteiger partial charge is 0.327 e. The van der Waals surface area contributed by atoms with E-state index in [2.05, 4.69) is 9.97 Å². The second-order valence-corrected chi connectivity index (χ2v) is 11.7. The number of aromatic amines is 1. The molecule has 0 aliphatic carbocycles. The fraction of sp³-hybridized carbons (Fsp3) is 0.435. The van der Waals surface area contributed by atoms with Crippen molar-refractivity contribution in [3.8, 4) is 0 Å². The van der Waals surface area contributed by atoms with E-state index in [-0.39, 0.29) is 42.5 Å². The summed E-state index contributed by atoms with van der Waals surface area (Å²) in [7, 11) is -9.80. The summed E-state index contributed by atoms with van der Waals surface area (Å²) in [5, 5.41) is 0. The number of ether oxygens (including phenoxy) is 1. The van der Waals surface area contributed by atoms with Gasteiger partial charge in [-0.2, -0.15) is 0 Å². The molecule has 2 saturated heterocycles. The fourth-order valence-electron chi connectivity index (χ4n) is 5.00. The molecule has 0 spiro atoms. The van der Waals surface area contributed by atoms with Crippen molar-refractivity contribution in [3.05, 3.63) is 58.1 Å². The van der Waals surface area contributed by atoms with E-state index in [4.69, 9.17) is 4.74 Å². The molecule has 2 aromatic heterocycles. The number of rotatable bonds is 4. The van der Waals surface area contributed by atoms with E-state index in [0.29, 0.717) is 43.1 Å². The van der Waals surface area contributed by atoms with Crippen LogP contribution in [0.1, 0.15) is 53.6 Å². The van der Waals surface area contributed by atoms with Gasteiger partial charge in [0.2, 0.25) is 0 Å². The van der Waals surface area contributed by atoms with Crippen molar-refractivity contribution in [1.29, 1.82) is 0 Å². The number of nitrogens with zero attached hydrogens (tertiary/aromatic N) is 3. The fourth-order valence-corrected chi connectivity index (χ4v) is 5.65. The van der Waals surface area contributed by atoms with Gasteiger partial charge in [0.05, 0.1) is 5.52 Å². The molecule has 0 bridgehead atoms. The number of fused-ring (bicyclic) bond motifs is 1. The van der Waals surface area contributed by atoms with Crippen LogP contribution in [0.4, 0.5) is 19.4 Å². The molecule has 5 rings (SSSR count). The number of likely N-dealkylation sites (tertiary alicyclic amines) is 1. The van der Waals surface area contributed by atoms with Gasteiger partial charge in [-0.25, -0.2) is 9.78 Å². The normalized spacial score (nSPS) is 20.3. The molecule has 2 aliphatic rings. The van der Waals surface area contributed by atoms with Crippen LogP contribution in [-0.2, 0) is 4.74 Å². The lowest BCUT2D eigenvalue weighted by Crippen LogP contribution is -2.40. The molecule has 2 aliphatic heterocycles. The number of hydrogen-bond donors (Lipinski definition) is 1. The van der Waals surface area contributed by atoms with Gasteiger partial charge in [-0.1, -0.05) is 19.4 Å². The first-order valence-corrected chi connectivity index (χ1v) is 13.6. The molecule has 7 nitrogen and oxygen atoms in total. The number of amides is 1. The number of H-pyrrole nitrogens is 1. The van der Waals surface area contributed by atoms with Crippen LogP contribution < -0.4 is 5.69 Å². The Morgan fingerprint density at radius 2 is 1.64 bits per heavy atom. The maximum absolute atomic E-state index is 13.0. The maximum atomic E-state index is 13.0. The average Bonchev–Trinajstić information content (AvgIpc) is 3.18. The van der Waals surface area contributed by atoms with E-state index in [1.807, 2.05) is 6.07 Å². The van der Waals surface area contributed by atoms with Crippen LogP contribution in [0, 0.1) is 0 Å². The van der Waals surface area contributed by atoms with Crippen LogP contribution >= 0.6 is 10.2 Å². The summed E-state index contributed by atoms with van der Waals surface area (Å²) >= 11 is 0. The van der Waals surface area contributed by atoms with E-state index in [9.17, 15) is 29.0 Å². The highest BCUT2D eigenvalue weighted by Crippen LogP contribution is 3.02. The molecule has 0 unspecified atom stereocenters.